The number of nitrogens with one attached hydrogen (secondary N) is 1. The van der Waals surface area contributed by atoms with Crippen molar-refractivity contribution >= 4 is 35.0 Å². The molecule has 1 N–H and O–H groups in total. The van der Waals surface area contributed by atoms with E-state index in [9.17, 15) is 9.59 Å². The van der Waals surface area contributed by atoms with E-state index in [2.05, 4.69) is 10.3 Å². The molecule has 0 spiro atoms. The minimum atomic E-state index is -0.504. The van der Waals surface area contributed by atoms with Crippen molar-refractivity contribution in [3.63, 3.8) is 0 Å². The monoisotopic (exact) mass is 454 g/mol. The van der Waals surface area contributed by atoms with Crippen LogP contribution in [0.5, 0.6) is 0 Å². The van der Waals surface area contributed by atoms with E-state index in [1.165, 1.54) is 17.3 Å². The van der Waals surface area contributed by atoms with Gasteiger partial charge in [0.1, 0.15) is 0 Å². The third kappa shape index (κ3) is 6.67. The zero-order chi connectivity index (χ0) is 22.2. The first kappa shape index (κ1) is 23.0. The number of hydrogen-bond acceptors (Lipinski definition) is 6. The molecule has 0 radical (unpaired) electrons. The second kappa shape index (κ2) is 11.1. The summed E-state index contributed by atoms with van der Waals surface area (Å²) in [5, 5.41) is 5.98. The van der Waals surface area contributed by atoms with Gasteiger partial charge in [0.25, 0.3) is 5.91 Å². The molecule has 3 rings (SSSR count). The molecule has 1 aromatic heterocycles. The minimum absolute atomic E-state index is 0.115. The maximum atomic E-state index is 12.6. The second-order valence-corrected chi connectivity index (χ2v) is 9.24. The molecule has 31 heavy (non-hydrogen) atoms. The average molecular weight is 455 g/mol. The van der Waals surface area contributed by atoms with Crippen LogP contribution < -0.4 is 5.32 Å². The fourth-order valence-corrected chi connectivity index (χ4v) is 4.70. The molecule has 0 aliphatic rings. The van der Waals surface area contributed by atoms with Gasteiger partial charge >= 0.3 is 5.97 Å². The number of aryl methyl sites for hydroxylation is 2. The maximum absolute atomic E-state index is 12.6. The standard InChI is InChI=1S/C24H26N2O3S2/c1-4-21(18-11-9-16(2)10-12-18)26-23(27)13-29-24(28)20-7-5-6-8-22(20)31-15-19-14-30-17(3)25-19/h5-12,14,21H,4,13,15H2,1-3H3,(H,26,27). The van der Waals surface area contributed by atoms with Crippen molar-refractivity contribution in [2.75, 3.05) is 6.61 Å². The van der Waals surface area contributed by atoms with Crippen LogP contribution in [0.2, 0.25) is 0 Å². The van der Waals surface area contributed by atoms with Crippen molar-refractivity contribution in [3.8, 4) is 0 Å². The SMILES string of the molecule is CCC(NC(=O)COC(=O)c1ccccc1SCc1csc(C)n1)c1ccc(C)cc1. The van der Waals surface area contributed by atoms with Crippen LogP contribution in [0, 0.1) is 13.8 Å². The minimum Gasteiger partial charge on any atom is -0.452 e. The predicted octanol–water partition coefficient (Wildman–Crippen LogP) is 5.48. The second-order valence-electron chi connectivity index (χ2n) is 7.16. The summed E-state index contributed by atoms with van der Waals surface area (Å²) in [6.07, 6.45) is 0.748. The van der Waals surface area contributed by atoms with Crippen LogP contribution in [0.3, 0.4) is 0 Å². The molecule has 0 saturated carbocycles. The molecule has 1 unspecified atom stereocenters. The third-order valence-electron chi connectivity index (χ3n) is 4.71. The van der Waals surface area contributed by atoms with Crippen LogP contribution in [0.15, 0.2) is 58.8 Å². The molecular formula is C24H26N2O3S2. The Labute approximate surface area is 191 Å². The molecule has 3 aromatic rings. The van der Waals surface area contributed by atoms with Gasteiger partial charge in [-0.3, -0.25) is 4.79 Å². The summed E-state index contributed by atoms with van der Waals surface area (Å²) in [6, 6.07) is 15.2. The first-order valence-electron chi connectivity index (χ1n) is 10.1. The number of rotatable bonds is 9. The smallest absolute Gasteiger partial charge is 0.339 e. The topological polar surface area (TPSA) is 68.3 Å². The van der Waals surface area contributed by atoms with Crippen molar-refractivity contribution in [1.82, 2.24) is 10.3 Å². The fraction of sp³-hybridized carbons (Fsp3) is 0.292. The summed E-state index contributed by atoms with van der Waals surface area (Å²) >= 11 is 3.14. The highest BCUT2D eigenvalue weighted by Gasteiger charge is 2.17. The lowest BCUT2D eigenvalue weighted by Gasteiger charge is -2.18. The molecule has 0 aliphatic carbocycles. The Morgan fingerprint density at radius 2 is 1.87 bits per heavy atom. The summed E-state index contributed by atoms with van der Waals surface area (Å²) < 4.78 is 5.31. The molecular weight excluding hydrogens is 428 g/mol. The zero-order valence-corrected chi connectivity index (χ0v) is 19.5. The number of aromatic nitrogens is 1. The summed E-state index contributed by atoms with van der Waals surface area (Å²) in [4.78, 5) is 30.3. The number of esters is 1. The first-order valence-corrected chi connectivity index (χ1v) is 12.0. The number of benzene rings is 2. The Morgan fingerprint density at radius 1 is 1.13 bits per heavy atom. The Hall–Kier alpha value is -2.64. The van der Waals surface area contributed by atoms with Crippen LogP contribution in [-0.2, 0) is 15.3 Å². The Bertz CT molecular complexity index is 1030. The molecule has 162 valence electrons. The molecule has 0 saturated heterocycles. The molecule has 2 aromatic carbocycles. The number of hydrogen-bond donors (Lipinski definition) is 1. The highest BCUT2D eigenvalue weighted by molar-refractivity contribution is 7.98. The third-order valence-corrected chi connectivity index (χ3v) is 6.64. The number of nitrogens with zero attached hydrogens (tertiary/aromatic N) is 1. The van der Waals surface area contributed by atoms with Crippen LogP contribution in [0.25, 0.3) is 0 Å². The summed E-state index contributed by atoms with van der Waals surface area (Å²) in [7, 11) is 0. The van der Waals surface area contributed by atoms with E-state index in [1.807, 2.05) is 62.5 Å². The lowest BCUT2D eigenvalue weighted by molar-refractivity contribution is -0.125. The number of amides is 1. The average Bonchev–Trinajstić information content (AvgIpc) is 3.20. The predicted molar refractivity (Wildman–Crippen MR) is 125 cm³/mol. The lowest BCUT2D eigenvalue weighted by Crippen LogP contribution is -2.32. The van der Waals surface area contributed by atoms with Crippen LogP contribution in [0.1, 0.15) is 51.6 Å². The van der Waals surface area contributed by atoms with Crippen molar-refractivity contribution in [1.29, 1.82) is 0 Å². The molecule has 0 fully saturated rings. The van der Waals surface area contributed by atoms with E-state index in [0.717, 1.165) is 27.6 Å². The number of ether oxygens (including phenoxy) is 1. The quantitative estimate of drug-likeness (QED) is 0.343. The van der Waals surface area contributed by atoms with Gasteiger partial charge in [-0.05, 0) is 38.0 Å². The Morgan fingerprint density at radius 3 is 2.55 bits per heavy atom. The van der Waals surface area contributed by atoms with Crippen LogP contribution in [0.4, 0.5) is 0 Å². The molecule has 1 heterocycles. The van der Waals surface area contributed by atoms with Crippen molar-refractivity contribution in [2.24, 2.45) is 0 Å². The summed E-state index contributed by atoms with van der Waals surface area (Å²) in [5.41, 5.74) is 3.64. The number of carbonyl (C=O) groups excluding carboxylic acids is 2. The van der Waals surface area contributed by atoms with Gasteiger partial charge in [-0.25, -0.2) is 9.78 Å². The molecule has 7 heteroatoms. The molecule has 1 atom stereocenters. The van der Waals surface area contributed by atoms with Gasteiger partial charge in [0.05, 0.1) is 22.3 Å². The van der Waals surface area contributed by atoms with Crippen molar-refractivity contribution < 1.29 is 14.3 Å². The van der Waals surface area contributed by atoms with E-state index in [0.29, 0.717) is 11.3 Å². The van der Waals surface area contributed by atoms with E-state index in [-0.39, 0.29) is 18.6 Å². The van der Waals surface area contributed by atoms with Gasteiger partial charge in [0.2, 0.25) is 0 Å². The number of thiazole rings is 1. The molecule has 0 bridgehead atoms. The van der Waals surface area contributed by atoms with Gasteiger partial charge in [-0.15, -0.1) is 23.1 Å². The van der Waals surface area contributed by atoms with Crippen molar-refractivity contribution in [3.05, 3.63) is 81.3 Å². The van der Waals surface area contributed by atoms with E-state index < -0.39 is 5.97 Å². The molecule has 0 aliphatic heterocycles. The van der Waals surface area contributed by atoms with Crippen LogP contribution in [-0.4, -0.2) is 23.5 Å². The summed E-state index contributed by atoms with van der Waals surface area (Å²) in [6.45, 7) is 5.69. The molecule has 1 amide bonds. The highest BCUT2D eigenvalue weighted by atomic mass is 32.2. The molecule has 5 nitrogen and oxygen atoms in total. The Kier molecular flexibility index (Phi) is 8.26. The largest absolute Gasteiger partial charge is 0.452 e. The van der Waals surface area contributed by atoms with E-state index in [1.54, 1.807) is 23.5 Å². The fourth-order valence-electron chi connectivity index (χ4n) is 3.05. The number of carbonyl (C=O) groups is 2. The van der Waals surface area contributed by atoms with Gasteiger partial charge < -0.3 is 10.1 Å². The highest BCUT2D eigenvalue weighted by Crippen LogP contribution is 2.27. The Balaban J connectivity index is 1.56. The summed E-state index contributed by atoms with van der Waals surface area (Å²) in [5.74, 6) is -0.149. The van der Waals surface area contributed by atoms with Gasteiger partial charge in [0, 0.05) is 16.0 Å². The van der Waals surface area contributed by atoms with Crippen molar-refractivity contribution in [2.45, 2.75) is 43.9 Å². The normalized spacial score (nSPS) is 11.7. The lowest BCUT2D eigenvalue weighted by atomic mass is 10.0. The van der Waals surface area contributed by atoms with Gasteiger partial charge in [-0.1, -0.05) is 48.9 Å². The van der Waals surface area contributed by atoms with E-state index in [4.69, 9.17) is 4.74 Å². The zero-order valence-electron chi connectivity index (χ0n) is 17.9. The first-order chi connectivity index (χ1) is 15.0. The maximum Gasteiger partial charge on any atom is 0.339 e. The number of thioether (sulfide) groups is 1. The van der Waals surface area contributed by atoms with Gasteiger partial charge in [-0.2, -0.15) is 0 Å². The van der Waals surface area contributed by atoms with E-state index >= 15 is 0 Å². The van der Waals surface area contributed by atoms with Crippen LogP contribution >= 0.6 is 23.1 Å². The van der Waals surface area contributed by atoms with Gasteiger partial charge in [0.15, 0.2) is 6.61 Å².